The third-order valence-corrected chi connectivity index (χ3v) is 2.78. The number of aliphatic hydroxyl groups excluding tert-OH is 2. The second-order valence-electron chi connectivity index (χ2n) is 3.06. The number of carbonyl (C=O) groups is 1. The van der Waals surface area contributed by atoms with Gasteiger partial charge in [-0.3, -0.25) is 4.79 Å². The van der Waals surface area contributed by atoms with E-state index in [1.807, 2.05) is 0 Å². The quantitative estimate of drug-likeness (QED) is 0.557. The van der Waals surface area contributed by atoms with Gasteiger partial charge in [-0.2, -0.15) is 12.6 Å². The minimum absolute atomic E-state index is 0.103. The second-order valence-corrected chi connectivity index (χ2v) is 3.83. The highest BCUT2D eigenvalue weighted by atomic mass is 35.5. The molecule has 2 unspecified atom stereocenters. The Bertz CT molecular complexity index is 357. The number of rotatable bonds is 4. The first-order valence-corrected chi connectivity index (χ1v) is 5.33. The highest BCUT2D eigenvalue weighted by Crippen LogP contribution is 2.25. The molecule has 5 heteroatoms. The lowest BCUT2D eigenvalue weighted by Gasteiger charge is -2.18. The van der Waals surface area contributed by atoms with Crippen molar-refractivity contribution in [2.45, 2.75) is 12.2 Å². The molecule has 1 aromatic carbocycles. The number of thiol groups is 1. The lowest BCUT2D eigenvalue weighted by atomic mass is 10.00. The summed E-state index contributed by atoms with van der Waals surface area (Å²) in [5, 5.41) is 19.4. The van der Waals surface area contributed by atoms with E-state index < -0.39 is 12.2 Å². The number of halogens is 1. The molecule has 0 bridgehead atoms. The summed E-state index contributed by atoms with van der Waals surface area (Å²) < 4.78 is 0. The molecule has 0 amide bonds. The van der Waals surface area contributed by atoms with Crippen LogP contribution in [0.25, 0.3) is 0 Å². The van der Waals surface area contributed by atoms with Crippen LogP contribution in [0.2, 0.25) is 5.02 Å². The molecule has 0 fully saturated rings. The molecule has 0 aliphatic rings. The van der Waals surface area contributed by atoms with E-state index >= 15 is 0 Å². The Morgan fingerprint density at radius 3 is 2.67 bits per heavy atom. The van der Waals surface area contributed by atoms with Gasteiger partial charge >= 0.3 is 0 Å². The fraction of sp³-hybridized carbons (Fsp3) is 0.300. The normalized spacial score (nSPS) is 14.7. The molecule has 1 aromatic rings. The molecule has 1 rings (SSSR count). The first-order chi connectivity index (χ1) is 7.11. The van der Waals surface area contributed by atoms with Crippen LogP contribution in [0, 0.1) is 0 Å². The van der Waals surface area contributed by atoms with Crippen molar-refractivity contribution >= 4 is 30.5 Å². The number of carbonyl (C=O) groups excluding carboxylic acids is 1. The number of hydrogen-bond donors (Lipinski definition) is 3. The maximum Gasteiger partial charge on any atom is 0.151 e. The average molecular weight is 247 g/mol. The maximum absolute atomic E-state index is 10.8. The van der Waals surface area contributed by atoms with Gasteiger partial charge in [0, 0.05) is 11.3 Å². The largest absolute Gasteiger partial charge is 0.389 e. The summed E-state index contributed by atoms with van der Waals surface area (Å²) in [4.78, 5) is 10.8. The third kappa shape index (κ3) is 2.72. The highest BCUT2D eigenvalue weighted by molar-refractivity contribution is 7.80. The topological polar surface area (TPSA) is 57.5 Å². The van der Waals surface area contributed by atoms with Crippen molar-refractivity contribution in [2.24, 2.45) is 0 Å². The SMILES string of the molecule is O=Cc1c(Cl)cccc1C(O)C(O)CS. The fourth-order valence-electron chi connectivity index (χ4n) is 1.24. The van der Waals surface area contributed by atoms with Crippen LogP contribution in [-0.4, -0.2) is 28.4 Å². The van der Waals surface area contributed by atoms with Crippen molar-refractivity contribution in [3.8, 4) is 0 Å². The molecule has 15 heavy (non-hydrogen) atoms. The molecule has 2 atom stereocenters. The Kier molecular flexibility index (Phi) is 4.60. The van der Waals surface area contributed by atoms with Gasteiger partial charge in [0.1, 0.15) is 6.10 Å². The van der Waals surface area contributed by atoms with E-state index in [-0.39, 0.29) is 16.3 Å². The molecular formula is C10H11ClO3S. The van der Waals surface area contributed by atoms with Crippen LogP contribution in [0.3, 0.4) is 0 Å². The maximum atomic E-state index is 10.8. The van der Waals surface area contributed by atoms with Crippen LogP contribution in [0.5, 0.6) is 0 Å². The number of hydrogen-bond acceptors (Lipinski definition) is 4. The zero-order chi connectivity index (χ0) is 11.4. The molecule has 0 saturated heterocycles. The van der Waals surface area contributed by atoms with Crippen LogP contribution in [0.15, 0.2) is 18.2 Å². The van der Waals surface area contributed by atoms with Gasteiger partial charge in [-0.15, -0.1) is 0 Å². The fourth-order valence-corrected chi connectivity index (χ4v) is 1.67. The molecule has 0 heterocycles. The number of benzene rings is 1. The lowest BCUT2D eigenvalue weighted by molar-refractivity contribution is 0.0333. The van der Waals surface area contributed by atoms with Gasteiger partial charge in [0.2, 0.25) is 0 Å². The van der Waals surface area contributed by atoms with Crippen molar-refractivity contribution in [3.63, 3.8) is 0 Å². The Labute approximate surface area is 98.1 Å². The second kappa shape index (κ2) is 5.51. The van der Waals surface area contributed by atoms with Gasteiger partial charge in [0.25, 0.3) is 0 Å². The standard InChI is InChI=1S/C10H11ClO3S/c11-8-3-1-2-6(7(8)4-12)10(14)9(13)5-15/h1-4,9-10,13-15H,5H2. The van der Waals surface area contributed by atoms with Crippen molar-refractivity contribution < 1.29 is 15.0 Å². The van der Waals surface area contributed by atoms with E-state index in [1.165, 1.54) is 0 Å². The zero-order valence-electron chi connectivity index (χ0n) is 7.80. The summed E-state index contributed by atoms with van der Waals surface area (Å²) in [5.41, 5.74) is 0.520. The average Bonchev–Trinajstić information content (AvgIpc) is 2.26. The number of aliphatic hydroxyl groups is 2. The first-order valence-electron chi connectivity index (χ1n) is 4.32. The van der Waals surface area contributed by atoms with Crippen LogP contribution in [0.4, 0.5) is 0 Å². The molecule has 3 nitrogen and oxygen atoms in total. The van der Waals surface area contributed by atoms with Crippen LogP contribution < -0.4 is 0 Å². The molecule has 0 aromatic heterocycles. The van der Waals surface area contributed by atoms with E-state index in [9.17, 15) is 15.0 Å². The molecule has 0 aliphatic carbocycles. The van der Waals surface area contributed by atoms with Gasteiger partial charge in [-0.25, -0.2) is 0 Å². The Morgan fingerprint density at radius 2 is 2.13 bits per heavy atom. The zero-order valence-corrected chi connectivity index (χ0v) is 9.45. The van der Waals surface area contributed by atoms with Crippen LogP contribution in [0.1, 0.15) is 22.0 Å². The third-order valence-electron chi connectivity index (χ3n) is 2.07. The van der Waals surface area contributed by atoms with Gasteiger partial charge in [0.15, 0.2) is 6.29 Å². The smallest absolute Gasteiger partial charge is 0.151 e. The highest BCUT2D eigenvalue weighted by Gasteiger charge is 2.20. The Balaban J connectivity index is 3.13. The molecule has 82 valence electrons. The summed E-state index contributed by atoms with van der Waals surface area (Å²) in [6, 6.07) is 4.71. The minimum atomic E-state index is -1.15. The monoisotopic (exact) mass is 246 g/mol. The van der Waals surface area contributed by atoms with E-state index in [0.29, 0.717) is 11.8 Å². The van der Waals surface area contributed by atoms with Crippen molar-refractivity contribution in [1.29, 1.82) is 0 Å². The molecule has 2 N–H and O–H groups in total. The van der Waals surface area contributed by atoms with Gasteiger partial charge in [0.05, 0.1) is 11.1 Å². The van der Waals surface area contributed by atoms with Crippen LogP contribution in [-0.2, 0) is 0 Å². The first kappa shape index (κ1) is 12.5. The van der Waals surface area contributed by atoms with E-state index in [1.54, 1.807) is 18.2 Å². The molecular weight excluding hydrogens is 236 g/mol. The van der Waals surface area contributed by atoms with E-state index in [4.69, 9.17) is 11.6 Å². The summed E-state index contributed by atoms with van der Waals surface area (Å²) in [6.45, 7) is 0. The Hall–Kier alpha value is -0.550. The Morgan fingerprint density at radius 1 is 1.47 bits per heavy atom. The van der Waals surface area contributed by atoms with Crippen molar-refractivity contribution in [2.75, 3.05) is 5.75 Å². The number of aldehydes is 1. The summed E-state index contributed by atoms with van der Waals surface area (Å²) in [5.74, 6) is 0.103. The van der Waals surface area contributed by atoms with Crippen LogP contribution >= 0.6 is 24.2 Å². The van der Waals surface area contributed by atoms with Gasteiger partial charge < -0.3 is 10.2 Å². The summed E-state index contributed by atoms with van der Waals surface area (Å²) >= 11 is 9.64. The predicted octanol–water partition coefficient (Wildman–Crippen LogP) is 1.48. The van der Waals surface area contributed by atoms with Crippen molar-refractivity contribution in [1.82, 2.24) is 0 Å². The van der Waals surface area contributed by atoms with Crippen molar-refractivity contribution in [3.05, 3.63) is 34.3 Å². The molecule has 0 saturated carbocycles. The molecule has 0 aliphatic heterocycles. The molecule has 0 radical (unpaired) electrons. The predicted molar refractivity (Wildman–Crippen MR) is 61.7 cm³/mol. The van der Waals surface area contributed by atoms with Gasteiger partial charge in [-0.1, -0.05) is 23.7 Å². The van der Waals surface area contributed by atoms with E-state index in [0.717, 1.165) is 0 Å². The summed E-state index contributed by atoms with van der Waals surface area (Å²) in [6.07, 6.45) is -1.61. The molecule has 0 spiro atoms. The summed E-state index contributed by atoms with van der Waals surface area (Å²) in [7, 11) is 0. The minimum Gasteiger partial charge on any atom is -0.389 e. The lowest BCUT2D eigenvalue weighted by Crippen LogP contribution is -2.21. The van der Waals surface area contributed by atoms with Gasteiger partial charge in [-0.05, 0) is 11.6 Å². The van der Waals surface area contributed by atoms with E-state index in [2.05, 4.69) is 12.6 Å².